The van der Waals surface area contributed by atoms with Crippen LogP contribution in [0, 0.1) is 11.5 Å². The lowest BCUT2D eigenvalue weighted by Gasteiger charge is -2.12. The normalized spacial score (nSPS) is 14.6. The molecule has 0 saturated heterocycles. The molecule has 0 aliphatic carbocycles. The first-order chi connectivity index (χ1) is 7.24. The SMILES string of the molecule is CCC(C)OC(=O)CC(N)C#C[Si](C)(C)C. The van der Waals surface area contributed by atoms with E-state index in [1.54, 1.807) is 0 Å². The van der Waals surface area contributed by atoms with Gasteiger partial charge in [0, 0.05) is 0 Å². The van der Waals surface area contributed by atoms with Crippen LogP contribution in [0.2, 0.25) is 19.6 Å². The minimum absolute atomic E-state index is 0.0374. The highest BCUT2D eigenvalue weighted by Crippen LogP contribution is 2.01. The average Bonchev–Trinajstić information content (AvgIpc) is 2.13. The molecule has 0 aromatic rings. The van der Waals surface area contributed by atoms with E-state index in [9.17, 15) is 4.79 Å². The van der Waals surface area contributed by atoms with Crippen LogP contribution in [0.3, 0.4) is 0 Å². The molecule has 0 aliphatic rings. The number of esters is 1. The Balaban J connectivity index is 4.09. The number of ether oxygens (including phenoxy) is 1. The van der Waals surface area contributed by atoms with Gasteiger partial charge in [-0.05, 0) is 13.3 Å². The maximum atomic E-state index is 11.4. The van der Waals surface area contributed by atoms with Gasteiger partial charge in [-0.2, -0.15) is 0 Å². The van der Waals surface area contributed by atoms with Crippen molar-refractivity contribution in [2.45, 2.75) is 58.5 Å². The van der Waals surface area contributed by atoms with Crippen molar-refractivity contribution in [3.63, 3.8) is 0 Å². The standard InChI is InChI=1S/C12H23NO2Si/c1-6-10(2)15-12(14)9-11(13)7-8-16(3,4)5/h10-11H,6,9,13H2,1-5H3. The Kier molecular flexibility index (Phi) is 6.38. The molecular formula is C12H23NO2Si. The summed E-state index contributed by atoms with van der Waals surface area (Å²) in [6.45, 7) is 10.3. The Morgan fingerprint density at radius 1 is 1.44 bits per heavy atom. The van der Waals surface area contributed by atoms with Crippen LogP contribution in [0.1, 0.15) is 26.7 Å². The van der Waals surface area contributed by atoms with Crippen LogP contribution in [0.15, 0.2) is 0 Å². The highest BCUT2D eigenvalue weighted by Gasteiger charge is 2.13. The molecule has 0 aliphatic heterocycles. The van der Waals surface area contributed by atoms with Gasteiger partial charge in [0.15, 0.2) is 0 Å². The molecule has 0 amide bonds. The van der Waals surface area contributed by atoms with E-state index in [1.807, 2.05) is 13.8 Å². The summed E-state index contributed by atoms with van der Waals surface area (Å²) in [6, 6.07) is -0.400. The van der Waals surface area contributed by atoms with Crippen molar-refractivity contribution in [1.82, 2.24) is 0 Å². The molecule has 16 heavy (non-hydrogen) atoms. The lowest BCUT2D eigenvalue weighted by atomic mass is 10.2. The maximum Gasteiger partial charge on any atom is 0.308 e. The van der Waals surface area contributed by atoms with Gasteiger partial charge in [0.1, 0.15) is 8.07 Å². The van der Waals surface area contributed by atoms with E-state index >= 15 is 0 Å². The van der Waals surface area contributed by atoms with E-state index in [0.717, 1.165) is 6.42 Å². The summed E-state index contributed by atoms with van der Waals surface area (Å²) in [4.78, 5) is 11.4. The van der Waals surface area contributed by atoms with Gasteiger partial charge in [0.2, 0.25) is 0 Å². The Labute approximate surface area is 99.7 Å². The fraction of sp³-hybridized carbons (Fsp3) is 0.750. The molecule has 0 aromatic heterocycles. The third-order valence-corrected chi connectivity index (χ3v) is 2.82. The maximum absolute atomic E-state index is 11.4. The van der Waals surface area contributed by atoms with Crippen molar-refractivity contribution < 1.29 is 9.53 Å². The van der Waals surface area contributed by atoms with Crippen LogP contribution >= 0.6 is 0 Å². The van der Waals surface area contributed by atoms with Gasteiger partial charge in [-0.25, -0.2) is 0 Å². The number of rotatable bonds is 4. The molecule has 0 aromatic carbocycles. The molecular weight excluding hydrogens is 218 g/mol. The second-order valence-electron chi connectivity index (χ2n) is 5.04. The van der Waals surface area contributed by atoms with Crippen molar-refractivity contribution in [3.05, 3.63) is 0 Å². The molecule has 4 heteroatoms. The smallest absolute Gasteiger partial charge is 0.308 e. The molecule has 0 saturated carbocycles. The third-order valence-electron chi connectivity index (χ3n) is 1.93. The highest BCUT2D eigenvalue weighted by molar-refractivity contribution is 6.83. The van der Waals surface area contributed by atoms with Crippen molar-refractivity contribution >= 4 is 14.0 Å². The van der Waals surface area contributed by atoms with E-state index in [1.165, 1.54) is 0 Å². The second-order valence-corrected chi connectivity index (χ2v) is 9.79. The molecule has 0 spiro atoms. The summed E-state index contributed by atoms with van der Waals surface area (Å²) in [7, 11) is -1.40. The molecule has 2 atom stereocenters. The number of carbonyl (C=O) groups excluding carboxylic acids is 1. The number of carbonyl (C=O) groups is 1. The third kappa shape index (κ3) is 8.51. The van der Waals surface area contributed by atoms with Crippen molar-refractivity contribution in [1.29, 1.82) is 0 Å². The fourth-order valence-electron chi connectivity index (χ4n) is 0.896. The second kappa shape index (κ2) is 6.72. The van der Waals surface area contributed by atoms with E-state index < -0.39 is 14.1 Å². The summed E-state index contributed by atoms with van der Waals surface area (Å²) in [5.41, 5.74) is 8.90. The molecule has 0 bridgehead atoms. The molecule has 0 rings (SSSR count). The quantitative estimate of drug-likeness (QED) is 0.465. The van der Waals surface area contributed by atoms with Gasteiger partial charge in [-0.3, -0.25) is 4.79 Å². The van der Waals surface area contributed by atoms with Crippen LogP contribution in [0.4, 0.5) is 0 Å². The number of nitrogens with two attached hydrogens (primary N) is 1. The minimum Gasteiger partial charge on any atom is -0.463 e. The molecule has 2 N–H and O–H groups in total. The van der Waals surface area contributed by atoms with Gasteiger partial charge < -0.3 is 10.5 Å². The van der Waals surface area contributed by atoms with Crippen molar-refractivity contribution in [3.8, 4) is 11.5 Å². The van der Waals surface area contributed by atoms with E-state index in [4.69, 9.17) is 10.5 Å². The van der Waals surface area contributed by atoms with Gasteiger partial charge in [-0.1, -0.05) is 32.5 Å². The molecule has 92 valence electrons. The summed E-state index contributed by atoms with van der Waals surface area (Å²) >= 11 is 0. The monoisotopic (exact) mass is 241 g/mol. The van der Waals surface area contributed by atoms with E-state index in [2.05, 4.69) is 31.1 Å². The predicted octanol–water partition coefficient (Wildman–Crippen LogP) is 1.93. The number of hydrogen-bond donors (Lipinski definition) is 1. The first-order valence-corrected chi connectivity index (χ1v) is 9.22. The first-order valence-electron chi connectivity index (χ1n) is 5.72. The van der Waals surface area contributed by atoms with Crippen molar-refractivity contribution in [2.75, 3.05) is 0 Å². The lowest BCUT2D eigenvalue weighted by molar-refractivity contribution is -0.148. The number of hydrogen-bond acceptors (Lipinski definition) is 3. The molecule has 0 radical (unpaired) electrons. The Morgan fingerprint density at radius 3 is 2.44 bits per heavy atom. The minimum atomic E-state index is -1.40. The van der Waals surface area contributed by atoms with Gasteiger partial charge in [0.05, 0.1) is 18.6 Å². The van der Waals surface area contributed by atoms with Gasteiger partial charge >= 0.3 is 5.97 Å². The molecule has 2 unspecified atom stereocenters. The van der Waals surface area contributed by atoms with E-state index in [0.29, 0.717) is 0 Å². The van der Waals surface area contributed by atoms with Crippen LogP contribution < -0.4 is 5.73 Å². The average molecular weight is 241 g/mol. The Hall–Kier alpha value is -0.793. The fourth-order valence-corrected chi connectivity index (χ4v) is 1.51. The topological polar surface area (TPSA) is 52.3 Å². The van der Waals surface area contributed by atoms with Crippen LogP contribution in [0.5, 0.6) is 0 Å². The summed E-state index contributed by atoms with van der Waals surface area (Å²) in [5, 5.41) is 0. The molecule has 0 heterocycles. The Morgan fingerprint density at radius 2 is 2.00 bits per heavy atom. The zero-order chi connectivity index (χ0) is 12.8. The van der Waals surface area contributed by atoms with E-state index in [-0.39, 0.29) is 18.5 Å². The largest absolute Gasteiger partial charge is 0.463 e. The zero-order valence-electron chi connectivity index (χ0n) is 11.0. The summed E-state index contributed by atoms with van der Waals surface area (Å²) in [5.74, 6) is 2.68. The van der Waals surface area contributed by atoms with Gasteiger partial charge in [-0.15, -0.1) is 5.54 Å². The molecule has 3 nitrogen and oxygen atoms in total. The Bertz CT molecular complexity index is 286. The predicted molar refractivity (Wildman–Crippen MR) is 69.6 cm³/mol. The highest BCUT2D eigenvalue weighted by atomic mass is 28.3. The molecule has 0 fully saturated rings. The van der Waals surface area contributed by atoms with Crippen LogP contribution in [-0.2, 0) is 9.53 Å². The zero-order valence-corrected chi connectivity index (χ0v) is 12.0. The first kappa shape index (κ1) is 15.2. The summed E-state index contributed by atoms with van der Waals surface area (Å²) in [6.07, 6.45) is 0.966. The van der Waals surface area contributed by atoms with Crippen LogP contribution in [0.25, 0.3) is 0 Å². The van der Waals surface area contributed by atoms with Gasteiger partial charge in [0.25, 0.3) is 0 Å². The lowest BCUT2D eigenvalue weighted by Crippen LogP contribution is -2.26. The summed E-state index contributed by atoms with van der Waals surface area (Å²) < 4.78 is 5.13. The van der Waals surface area contributed by atoms with Crippen molar-refractivity contribution in [2.24, 2.45) is 5.73 Å². The van der Waals surface area contributed by atoms with Crippen LogP contribution in [-0.4, -0.2) is 26.2 Å².